The number of halogens is 2. The molecule has 0 saturated heterocycles. The van der Waals surface area contributed by atoms with Crippen LogP contribution in [-0.4, -0.2) is 20.5 Å². The van der Waals surface area contributed by atoms with E-state index in [1.54, 1.807) is 19.1 Å². The number of aliphatic hydroxyl groups is 1. The van der Waals surface area contributed by atoms with Crippen LogP contribution in [-0.2, 0) is 16.9 Å². The van der Waals surface area contributed by atoms with E-state index in [0.717, 1.165) is 5.56 Å². The fourth-order valence-electron chi connectivity index (χ4n) is 2.01. The third-order valence-corrected chi connectivity index (χ3v) is 5.49. The molecule has 0 aliphatic heterocycles. The Labute approximate surface area is 137 Å². The van der Waals surface area contributed by atoms with E-state index >= 15 is 0 Å². The van der Waals surface area contributed by atoms with E-state index in [-0.39, 0.29) is 5.82 Å². The molecule has 0 saturated carbocycles. The molecule has 3 atom stereocenters. The van der Waals surface area contributed by atoms with Crippen molar-refractivity contribution < 1.29 is 14.0 Å². The molecule has 0 aliphatic rings. The average Bonchev–Trinajstić information content (AvgIpc) is 2.30. The smallest absolute Gasteiger partial charge is 0.137 e. The third-order valence-electron chi connectivity index (χ3n) is 3.13. The molecule has 3 nitrogen and oxygen atoms in total. The molecule has 21 heavy (non-hydrogen) atoms. The highest BCUT2D eigenvalue weighted by atomic mass is 79.9. The lowest BCUT2D eigenvalue weighted by atomic mass is 9.88. The van der Waals surface area contributed by atoms with Gasteiger partial charge in [0.25, 0.3) is 0 Å². The second-order valence-electron chi connectivity index (χ2n) is 6.50. The van der Waals surface area contributed by atoms with Crippen LogP contribution in [0.1, 0.15) is 46.6 Å². The summed E-state index contributed by atoms with van der Waals surface area (Å²) >= 11 is 1.86. The predicted molar refractivity (Wildman–Crippen MR) is 88.8 cm³/mol. The summed E-state index contributed by atoms with van der Waals surface area (Å²) in [4.78, 5) is 0. The van der Waals surface area contributed by atoms with Crippen molar-refractivity contribution in [1.82, 2.24) is 4.72 Å². The fourth-order valence-corrected chi connectivity index (χ4v) is 3.30. The molecule has 1 aromatic carbocycles. The van der Waals surface area contributed by atoms with Gasteiger partial charge in [-0.15, -0.1) is 4.72 Å². The molecule has 0 bridgehead atoms. The molecule has 2 N–H and O–H groups in total. The monoisotopic (exact) mass is 379 g/mol. The molecular formula is C15H23BrFNO2S. The van der Waals surface area contributed by atoms with Gasteiger partial charge in [0.2, 0.25) is 0 Å². The van der Waals surface area contributed by atoms with Crippen molar-refractivity contribution in [3.05, 3.63) is 34.1 Å². The zero-order valence-electron chi connectivity index (χ0n) is 13.0. The van der Waals surface area contributed by atoms with Gasteiger partial charge in [0, 0.05) is 11.4 Å². The van der Waals surface area contributed by atoms with E-state index in [4.69, 9.17) is 0 Å². The summed E-state index contributed by atoms with van der Waals surface area (Å²) in [6.45, 7) is 9.17. The van der Waals surface area contributed by atoms with Gasteiger partial charge in [0.1, 0.15) is 10.6 Å². The SMILES string of the molecule is CC(O)C[C@](C)(N[S@+]([O-])C(C)(C)C)c1ccc(F)c(Br)c1. The van der Waals surface area contributed by atoms with E-state index in [0.29, 0.717) is 10.9 Å². The summed E-state index contributed by atoms with van der Waals surface area (Å²) in [5.74, 6) is -0.352. The molecule has 1 rings (SSSR count). The summed E-state index contributed by atoms with van der Waals surface area (Å²) in [7, 11) is 0. The Morgan fingerprint density at radius 2 is 1.95 bits per heavy atom. The zero-order valence-corrected chi connectivity index (χ0v) is 15.4. The molecule has 1 aromatic rings. The standard InChI is InChI=1S/C15H23BrFNO2S/c1-10(19)9-15(5,18-21(20)14(2,3)4)11-6-7-13(17)12(16)8-11/h6-8,10,18-19H,9H2,1-5H3/t10?,15-,21+/m0/s1. The van der Waals surface area contributed by atoms with Crippen LogP contribution in [0, 0.1) is 5.82 Å². The molecule has 0 aromatic heterocycles. The van der Waals surface area contributed by atoms with Gasteiger partial charge in [-0.05, 0) is 74.7 Å². The van der Waals surface area contributed by atoms with E-state index in [9.17, 15) is 14.0 Å². The second kappa shape index (κ2) is 6.96. The van der Waals surface area contributed by atoms with E-state index in [1.165, 1.54) is 6.07 Å². The largest absolute Gasteiger partial charge is 0.598 e. The quantitative estimate of drug-likeness (QED) is 0.768. The average molecular weight is 380 g/mol. The third kappa shape index (κ3) is 5.21. The van der Waals surface area contributed by atoms with Gasteiger partial charge in [-0.25, -0.2) is 4.39 Å². The molecule has 0 spiro atoms. The summed E-state index contributed by atoms with van der Waals surface area (Å²) < 4.78 is 28.9. The van der Waals surface area contributed by atoms with Gasteiger partial charge in [-0.2, -0.15) is 0 Å². The van der Waals surface area contributed by atoms with Gasteiger partial charge in [-0.1, -0.05) is 6.07 Å². The lowest BCUT2D eigenvalue weighted by Gasteiger charge is -2.36. The molecule has 1 unspecified atom stereocenters. The number of benzene rings is 1. The van der Waals surface area contributed by atoms with Crippen LogP contribution in [0.15, 0.2) is 22.7 Å². The number of nitrogens with one attached hydrogen (secondary N) is 1. The second-order valence-corrected chi connectivity index (χ2v) is 9.32. The van der Waals surface area contributed by atoms with Gasteiger partial charge < -0.3 is 9.66 Å². The molecule has 0 heterocycles. The Kier molecular flexibility index (Phi) is 6.27. The van der Waals surface area contributed by atoms with E-state index < -0.39 is 27.8 Å². The van der Waals surface area contributed by atoms with Gasteiger partial charge in [-0.3, -0.25) is 0 Å². The minimum atomic E-state index is -1.31. The Hall–Kier alpha value is -0.140. The Bertz CT molecular complexity index is 493. The first-order valence-corrected chi connectivity index (χ1v) is 8.73. The van der Waals surface area contributed by atoms with Gasteiger partial charge in [0.15, 0.2) is 0 Å². The van der Waals surface area contributed by atoms with Crippen LogP contribution >= 0.6 is 15.9 Å². The van der Waals surface area contributed by atoms with Gasteiger partial charge in [0.05, 0.1) is 16.1 Å². The molecule has 6 heteroatoms. The van der Waals surface area contributed by atoms with Crippen molar-refractivity contribution in [3.8, 4) is 0 Å². The Morgan fingerprint density at radius 1 is 1.38 bits per heavy atom. The molecule has 0 amide bonds. The predicted octanol–water partition coefficient (Wildman–Crippen LogP) is 3.63. The van der Waals surface area contributed by atoms with Crippen LogP contribution in [0.4, 0.5) is 4.39 Å². The summed E-state index contributed by atoms with van der Waals surface area (Å²) in [6.07, 6.45) is -0.212. The number of hydrogen-bond donors (Lipinski definition) is 2. The maximum absolute atomic E-state index is 13.4. The Morgan fingerprint density at radius 3 is 2.38 bits per heavy atom. The van der Waals surface area contributed by atoms with E-state index in [1.807, 2.05) is 27.7 Å². The Balaban J connectivity index is 3.16. The van der Waals surface area contributed by atoms with Gasteiger partial charge >= 0.3 is 0 Å². The van der Waals surface area contributed by atoms with Crippen molar-refractivity contribution in [2.75, 3.05) is 0 Å². The van der Waals surface area contributed by atoms with E-state index in [2.05, 4.69) is 20.7 Å². The highest BCUT2D eigenvalue weighted by Crippen LogP contribution is 2.32. The minimum Gasteiger partial charge on any atom is -0.598 e. The van der Waals surface area contributed by atoms with Crippen LogP contribution in [0.25, 0.3) is 0 Å². The first kappa shape index (κ1) is 18.9. The summed E-state index contributed by atoms with van der Waals surface area (Å²) in [5, 5.41) is 9.76. The van der Waals surface area contributed by atoms with Crippen molar-refractivity contribution >= 4 is 27.3 Å². The molecule has 0 aliphatic carbocycles. The summed E-state index contributed by atoms with van der Waals surface area (Å²) in [6, 6.07) is 4.67. The van der Waals surface area contributed by atoms with Crippen LogP contribution in [0.2, 0.25) is 0 Å². The minimum absolute atomic E-state index is 0.347. The van der Waals surface area contributed by atoms with Crippen molar-refractivity contribution in [2.24, 2.45) is 0 Å². The first-order chi connectivity index (χ1) is 9.45. The van der Waals surface area contributed by atoms with Crippen LogP contribution in [0.3, 0.4) is 0 Å². The fraction of sp³-hybridized carbons (Fsp3) is 0.600. The summed E-state index contributed by atoms with van der Waals surface area (Å²) in [5.41, 5.74) is 0.0528. The molecule has 0 radical (unpaired) electrons. The van der Waals surface area contributed by atoms with Crippen molar-refractivity contribution in [1.29, 1.82) is 0 Å². The molecular weight excluding hydrogens is 357 g/mol. The maximum Gasteiger partial charge on any atom is 0.137 e. The van der Waals surface area contributed by atoms with Crippen LogP contribution < -0.4 is 4.72 Å². The first-order valence-electron chi connectivity index (χ1n) is 6.79. The number of hydrogen-bond acceptors (Lipinski definition) is 3. The highest BCUT2D eigenvalue weighted by Gasteiger charge is 2.38. The van der Waals surface area contributed by atoms with Crippen LogP contribution in [0.5, 0.6) is 0 Å². The normalized spacial score (nSPS) is 18.1. The molecule has 120 valence electrons. The number of rotatable bonds is 5. The van der Waals surface area contributed by atoms with Crippen molar-refractivity contribution in [2.45, 2.75) is 57.4 Å². The van der Waals surface area contributed by atoms with Crippen molar-refractivity contribution in [3.63, 3.8) is 0 Å². The lowest BCUT2D eigenvalue weighted by Crippen LogP contribution is -2.51. The maximum atomic E-state index is 13.4. The zero-order chi connectivity index (χ0) is 16.4. The topological polar surface area (TPSA) is 55.3 Å². The molecule has 0 fully saturated rings. The highest BCUT2D eigenvalue weighted by molar-refractivity contribution is 9.10. The lowest BCUT2D eigenvalue weighted by molar-refractivity contribution is 0.147. The number of aliphatic hydroxyl groups excluding tert-OH is 1.